The molecule has 2 aliphatic rings. The molecule has 0 saturated heterocycles. The molecule has 27 heavy (non-hydrogen) atoms. The summed E-state index contributed by atoms with van der Waals surface area (Å²) in [5.74, 6) is 1.75. The summed E-state index contributed by atoms with van der Waals surface area (Å²) in [4.78, 5) is 0. The van der Waals surface area contributed by atoms with E-state index in [1.165, 1.54) is 16.7 Å². The molecule has 1 heterocycles. The fourth-order valence-electron chi connectivity index (χ4n) is 3.55. The van der Waals surface area contributed by atoms with Gasteiger partial charge in [0.2, 0.25) is 0 Å². The predicted molar refractivity (Wildman–Crippen MR) is 113 cm³/mol. The van der Waals surface area contributed by atoms with E-state index in [0.29, 0.717) is 0 Å². The Morgan fingerprint density at radius 1 is 1.04 bits per heavy atom. The topological polar surface area (TPSA) is 27.7 Å². The molecule has 0 bridgehead atoms. The van der Waals surface area contributed by atoms with E-state index in [2.05, 4.69) is 70.3 Å². The van der Waals surface area contributed by atoms with Gasteiger partial charge in [-0.05, 0) is 53.5 Å². The van der Waals surface area contributed by atoms with Gasteiger partial charge in [-0.1, -0.05) is 45.0 Å². The molecule has 0 saturated carbocycles. The minimum Gasteiger partial charge on any atom is -0.497 e. The van der Waals surface area contributed by atoms with Crippen molar-refractivity contribution in [1.82, 2.24) is 0 Å². The number of methoxy groups -OCH3 is 1. The van der Waals surface area contributed by atoms with Gasteiger partial charge in [0.25, 0.3) is 0 Å². The highest BCUT2D eigenvalue weighted by atomic mass is 28.4. The molecular weight excluding hydrogens is 352 g/mol. The van der Waals surface area contributed by atoms with E-state index in [1.807, 2.05) is 12.1 Å². The SMILES string of the molecule is COc1ccc2c(c1)C1=Cc3ccccc3[C@@H](O[Si](C)(C)C(C)(C)C)[C@@H]1O2. The van der Waals surface area contributed by atoms with E-state index >= 15 is 0 Å². The van der Waals surface area contributed by atoms with E-state index in [0.717, 1.165) is 17.1 Å². The summed E-state index contributed by atoms with van der Waals surface area (Å²) in [6, 6.07) is 14.5. The van der Waals surface area contributed by atoms with Gasteiger partial charge in [-0.25, -0.2) is 0 Å². The third-order valence-corrected chi connectivity index (χ3v) is 10.6. The molecule has 4 heteroatoms. The van der Waals surface area contributed by atoms with Crippen molar-refractivity contribution in [3.8, 4) is 11.5 Å². The lowest BCUT2D eigenvalue weighted by Crippen LogP contribution is -2.45. The van der Waals surface area contributed by atoms with Crippen molar-refractivity contribution in [3.05, 3.63) is 59.2 Å². The van der Waals surface area contributed by atoms with Crippen molar-refractivity contribution in [3.63, 3.8) is 0 Å². The number of ether oxygens (including phenoxy) is 2. The van der Waals surface area contributed by atoms with Crippen LogP contribution in [0, 0.1) is 0 Å². The van der Waals surface area contributed by atoms with Gasteiger partial charge >= 0.3 is 0 Å². The van der Waals surface area contributed by atoms with Crippen LogP contribution < -0.4 is 9.47 Å². The van der Waals surface area contributed by atoms with Crippen molar-refractivity contribution < 1.29 is 13.9 Å². The first-order valence-corrected chi connectivity index (χ1v) is 12.5. The van der Waals surface area contributed by atoms with Crippen LogP contribution in [-0.4, -0.2) is 21.5 Å². The van der Waals surface area contributed by atoms with Crippen molar-refractivity contribution in [2.24, 2.45) is 0 Å². The fourth-order valence-corrected chi connectivity index (χ4v) is 4.79. The molecule has 1 aliphatic heterocycles. The highest BCUT2D eigenvalue weighted by Crippen LogP contribution is 2.51. The minimum atomic E-state index is -1.97. The third kappa shape index (κ3) is 3.01. The molecule has 0 aromatic heterocycles. The van der Waals surface area contributed by atoms with Crippen LogP contribution in [0.25, 0.3) is 11.6 Å². The fraction of sp³-hybridized carbons (Fsp3) is 0.391. The number of fused-ring (bicyclic) bond motifs is 4. The van der Waals surface area contributed by atoms with Crippen LogP contribution in [0.15, 0.2) is 42.5 Å². The van der Waals surface area contributed by atoms with Gasteiger partial charge in [-0.2, -0.15) is 0 Å². The summed E-state index contributed by atoms with van der Waals surface area (Å²) in [6.07, 6.45) is 2.04. The van der Waals surface area contributed by atoms with Gasteiger partial charge in [0.15, 0.2) is 14.4 Å². The first-order chi connectivity index (χ1) is 12.7. The van der Waals surface area contributed by atoms with Gasteiger partial charge in [-0.3, -0.25) is 0 Å². The van der Waals surface area contributed by atoms with Gasteiger partial charge in [-0.15, -0.1) is 0 Å². The standard InChI is InChI=1S/C23H28O3Si/c1-23(2,3)27(5,6)26-22-17-10-8-7-9-15(17)13-19-18-14-16(24-4)11-12-20(18)25-21(19)22/h7-14,21-22H,1-6H3/t21-,22-/m1/s1. The summed E-state index contributed by atoms with van der Waals surface area (Å²) in [5.41, 5.74) is 4.73. The van der Waals surface area contributed by atoms with Gasteiger partial charge in [0, 0.05) is 11.1 Å². The van der Waals surface area contributed by atoms with Crippen LogP contribution in [0.3, 0.4) is 0 Å². The molecule has 2 aromatic rings. The molecule has 0 N–H and O–H groups in total. The monoisotopic (exact) mass is 380 g/mol. The maximum absolute atomic E-state index is 6.91. The van der Waals surface area contributed by atoms with E-state index in [4.69, 9.17) is 13.9 Å². The van der Waals surface area contributed by atoms with Crippen LogP contribution >= 0.6 is 0 Å². The lowest BCUT2D eigenvalue weighted by molar-refractivity contribution is 0.0834. The summed E-state index contributed by atoms with van der Waals surface area (Å²) >= 11 is 0. The lowest BCUT2D eigenvalue weighted by Gasteiger charge is -2.42. The van der Waals surface area contributed by atoms with Crippen molar-refractivity contribution in [2.75, 3.05) is 7.11 Å². The maximum Gasteiger partial charge on any atom is 0.193 e. The summed E-state index contributed by atoms with van der Waals surface area (Å²) < 4.78 is 18.8. The van der Waals surface area contributed by atoms with Crippen LogP contribution in [0.2, 0.25) is 18.1 Å². The zero-order chi connectivity index (χ0) is 19.4. The largest absolute Gasteiger partial charge is 0.497 e. The number of hydrogen-bond donors (Lipinski definition) is 0. The van der Waals surface area contributed by atoms with Crippen LogP contribution in [0.5, 0.6) is 11.5 Å². The Hall–Kier alpha value is -2.04. The quantitative estimate of drug-likeness (QED) is 0.605. The molecular formula is C23H28O3Si. The second-order valence-electron chi connectivity index (χ2n) is 8.93. The van der Waals surface area contributed by atoms with E-state index in [9.17, 15) is 0 Å². The molecule has 0 radical (unpaired) electrons. The molecule has 0 unspecified atom stereocenters. The molecule has 0 spiro atoms. The van der Waals surface area contributed by atoms with E-state index in [-0.39, 0.29) is 17.2 Å². The second-order valence-corrected chi connectivity index (χ2v) is 13.7. The van der Waals surface area contributed by atoms with Crippen molar-refractivity contribution in [1.29, 1.82) is 0 Å². The Kier molecular flexibility index (Phi) is 4.24. The zero-order valence-corrected chi connectivity index (χ0v) is 18.0. The number of hydrogen-bond acceptors (Lipinski definition) is 3. The Labute approximate surface area is 163 Å². The Morgan fingerprint density at radius 3 is 2.48 bits per heavy atom. The summed E-state index contributed by atoms with van der Waals surface area (Å²) in [5, 5.41) is 0.137. The normalized spacial score (nSPS) is 20.9. The van der Waals surface area contributed by atoms with E-state index < -0.39 is 8.32 Å². The molecule has 142 valence electrons. The summed E-state index contributed by atoms with van der Waals surface area (Å²) in [6.45, 7) is 11.4. The first-order valence-electron chi connectivity index (χ1n) is 9.55. The highest BCUT2D eigenvalue weighted by Gasteiger charge is 2.46. The lowest BCUT2D eigenvalue weighted by atomic mass is 9.86. The predicted octanol–water partition coefficient (Wildman–Crippen LogP) is 6.07. The van der Waals surface area contributed by atoms with Gasteiger partial charge < -0.3 is 13.9 Å². The maximum atomic E-state index is 6.91. The Bertz CT molecular complexity index is 908. The molecule has 0 amide bonds. The molecule has 0 fully saturated rings. The Morgan fingerprint density at radius 2 is 1.78 bits per heavy atom. The average Bonchev–Trinajstić information content (AvgIpc) is 2.98. The molecule has 1 aliphatic carbocycles. The van der Waals surface area contributed by atoms with Gasteiger partial charge in [0.05, 0.1) is 7.11 Å². The van der Waals surface area contributed by atoms with E-state index in [1.54, 1.807) is 7.11 Å². The molecule has 3 nitrogen and oxygen atoms in total. The van der Waals surface area contributed by atoms with Crippen LogP contribution in [-0.2, 0) is 4.43 Å². The van der Waals surface area contributed by atoms with Crippen LogP contribution in [0.1, 0.15) is 43.6 Å². The molecule has 4 rings (SSSR count). The molecule has 2 atom stereocenters. The average molecular weight is 381 g/mol. The molecule has 2 aromatic carbocycles. The van der Waals surface area contributed by atoms with Crippen molar-refractivity contribution in [2.45, 2.75) is 51.1 Å². The second kappa shape index (κ2) is 6.25. The highest BCUT2D eigenvalue weighted by molar-refractivity contribution is 6.74. The van der Waals surface area contributed by atoms with Crippen LogP contribution in [0.4, 0.5) is 0 Å². The number of benzene rings is 2. The summed E-state index contributed by atoms with van der Waals surface area (Å²) in [7, 11) is -0.276. The van der Waals surface area contributed by atoms with Crippen molar-refractivity contribution >= 4 is 20.0 Å². The third-order valence-electron chi connectivity index (χ3n) is 6.17. The number of rotatable bonds is 3. The first kappa shape index (κ1) is 18.3. The smallest absolute Gasteiger partial charge is 0.193 e. The zero-order valence-electron chi connectivity index (χ0n) is 17.0. The van der Waals surface area contributed by atoms with Gasteiger partial charge in [0.1, 0.15) is 17.6 Å². The Balaban J connectivity index is 1.81. The minimum absolute atomic E-state index is 0.0968.